The van der Waals surface area contributed by atoms with E-state index in [2.05, 4.69) is 16.0 Å². The summed E-state index contributed by atoms with van der Waals surface area (Å²) in [6.45, 7) is 0.342. The summed E-state index contributed by atoms with van der Waals surface area (Å²) in [6.07, 6.45) is 0.443. The Morgan fingerprint density at radius 3 is 1.83 bits per heavy atom. The van der Waals surface area contributed by atoms with Gasteiger partial charge in [0.2, 0.25) is 17.7 Å². The van der Waals surface area contributed by atoms with Crippen LogP contribution in [0, 0.1) is 0 Å². The summed E-state index contributed by atoms with van der Waals surface area (Å²) in [5.74, 6) is -4.90. The maximum absolute atomic E-state index is 13.4. The molecule has 0 aliphatic heterocycles. The van der Waals surface area contributed by atoms with Gasteiger partial charge in [-0.15, -0.1) is 0 Å². The van der Waals surface area contributed by atoms with E-state index in [0.29, 0.717) is 30.5 Å². The maximum Gasteiger partial charge on any atom is 0.326 e. The largest absolute Gasteiger partial charge is 0.508 e. The van der Waals surface area contributed by atoms with Gasteiger partial charge in [0.25, 0.3) is 0 Å². The molecular weight excluding hydrogens is 534 g/mol. The SMILES string of the molecule is NCCCCC(NC(=O)C(Cc1ccccc1)NC(=O)C(N)CC(=O)O)C(=O)NC(Cc1ccc(O)cc1)C(=O)O. The number of carbonyl (C=O) groups is 5. The molecule has 3 amide bonds. The van der Waals surface area contributed by atoms with Crippen LogP contribution in [-0.4, -0.2) is 75.7 Å². The van der Waals surface area contributed by atoms with Gasteiger partial charge < -0.3 is 42.7 Å². The first-order valence-corrected chi connectivity index (χ1v) is 13.1. The summed E-state index contributed by atoms with van der Waals surface area (Å²) in [5.41, 5.74) is 12.5. The van der Waals surface area contributed by atoms with Gasteiger partial charge in [-0.1, -0.05) is 42.5 Å². The van der Waals surface area contributed by atoms with Gasteiger partial charge in [-0.25, -0.2) is 4.79 Å². The van der Waals surface area contributed by atoms with Crippen LogP contribution in [0.4, 0.5) is 0 Å². The normalized spacial score (nSPS) is 13.7. The Balaban J connectivity index is 2.22. The van der Waals surface area contributed by atoms with Crippen LogP contribution < -0.4 is 27.4 Å². The van der Waals surface area contributed by atoms with E-state index >= 15 is 0 Å². The summed E-state index contributed by atoms with van der Waals surface area (Å²) in [4.78, 5) is 62.1. The van der Waals surface area contributed by atoms with Crippen molar-refractivity contribution in [1.82, 2.24) is 16.0 Å². The van der Waals surface area contributed by atoms with E-state index in [1.54, 1.807) is 30.3 Å². The predicted molar refractivity (Wildman–Crippen MR) is 149 cm³/mol. The molecule has 0 aliphatic carbocycles. The lowest BCUT2D eigenvalue weighted by Crippen LogP contribution is -2.58. The summed E-state index contributed by atoms with van der Waals surface area (Å²) in [5, 5.41) is 35.7. The van der Waals surface area contributed by atoms with Gasteiger partial charge in [-0.2, -0.15) is 0 Å². The Kier molecular flexibility index (Phi) is 13.2. The lowest BCUT2D eigenvalue weighted by Gasteiger charge is -2.25. The summed E-state index contributed by atoms with van der Waals surface area (Å²) in [6, 6.07) is 9.49. The molecule has 0 saturated carbocycles. The fourth-order valence-corrected chi connectivity index (χ4v) is 3.99. The van der Waals surface area contributed by atoms with E-state index in [0.717, 1.165) is 0 Å². The first-order chi connectivity index (χ1) is 19.5. The first kappa shape index (κ1) is 32.7. The molecule has 41 heavy (non-hydrogen) atoms. The molecule has 2 rings (SSSR count). The smallest absolute Gasteiger partial charge is 0.326 e. The molecule has 0 aliphatic rings. The number of phenols is 1. The monoisotopic (exact) mass is 571 g/mol. The maximum atomic E-state index is 13.4. The van der Waals surface area contributed by atoms with Crippen LogP contribution in [0.25, 0.3) is 0 Å². The molecule has 0 bridgehead atoms. The molecule has 222 valence electrons. The zero-order chi connectivity index (χ0) is 30.4. The average molecular weight is 572 g/mol. The number of aliphatic carboxylic acids is 2. The molecule has 0 radical (unpaired) electrons. The second-order valence-corrected chi connectivity index (χ2v) is 9.57. The van der Waals surface area contributed by atoms with E-state index in [4.69, 9.17) is 16.6 Å². The van der Waals surface area contributed by atoms with Crippen molar-refractivity contribution in [1.29, 1.82) is 0 Å². The number of carbonyl (C=O) groups excluding carboxylic acids is 3. The molecule has 0 saturated heterocycles. The summed E-state index contributed by atoms with van der Waals surface area (Å²) < 4.78 is 0. The molecule has 2 aromatic rings. The van der Waals surface area contributed by atoms with Gasteiger partial charge in [0, 0.05) is 12.8 Å². The zero-order valence-electron chi connectivity index (χ0n) is 22.5. The fourth-order valence-electron chi connectivity index (χ4n) is 3.99. The topological polar surface area (TPSA) is 234 Å². The third-order valence-electron chi connectivity index (χ3n) is 6.22. The molecule has 13 nitrogen and oxygen atoms in total. The summed E-state index contributed by atoms with van der Waals surface area (Å²) >= 11 is 0. The fraction of sp³-hybridized carbons (Fsp3) is 0.393. The minimum absolute atomic E-state index is 0.00778. The van der Waals surface area contributed by atoms with Crippen molar-refractivity contribution in [2.24, 2.45) is 11.5 Å². The molecule has 0 aromatic heterocycles. The number of hydrogen-bond donors (Lipinski definition) is 8. The second-order valence-electron chi connectivity index (χ2n) is 9.57. The number of phenolic OH excluding ortho intramolecular Hbond substituents is 1. The third-order valence-corrected chi connectivity index (χ3v) is 6.22. The number of amides is 3. The van der Waals surface area contributed by atoms with Gasteiger partial charge in [0.15, 0.2) is 0 Å². The molecule has 0 spiro atoms. The van der Waals surface area contributed by atoms with Crippen LogP contribution in [0.3, 0.4) is 0 Å². The molecular formula is C28H37N5O8. The number of carboxylic acid groups (broad SMARTS) is 2. The Morgan fingerprint density at radius 1 is 0.707 bits per heavy atom. The van der Waals surface area contributed by atoms with E-state index in [-0.39, 0.29) is 25.0 Å². The number of unbranched alkanes of at least 4 members (excludes halogenated alkanes) is 1. The molecule has 10 N–H and O–H groups in total. The summed E-state index contributed by atoms with van der Waals surface area (Å²) in [7, 11) is 0. The van der Waals surface area contributed by atoms with Crippen molar-refractivity contribution in [2.45, 2.75) is 62.7 Å². The van der Waals surface area contributed by atoms with Crippen LogP contribution in [0.1, 0.15) is 36.8 Å². The number of aromatic hydroxyl groups is 1. The molecule has 0 heterocycles. The standard InChI is InChI=1S/C28H37N5O8/c29-13-5-4-8-21(26(38)33-23(28(40)41)15-18-9-11-19(34)12-10-18)31-27(39)22(14-17-6-2-1-3-7-17)32-25(37)20(30)16-24(35)36/h1-3,6-7,9-12,20-23,34H,4-5,8,13-16,29-30H2,(H,31,39)(H,32,37)(H,33,38)(H,35,36)(H,40,41). The quantitative estimate of drug-likeness (QED) is 0.115. The highest BCUT2D eigenvalue weighted by Gasteiger charge is 2.30. The number of nitrogens with two attached hydrogens (primary N) is 2. The Bertz CT molecular complexity index is 1180. The van der Waals surface area contributed by atoms with Crippen LogP contribution >= 0.6 is 0 Å². The highest BCUT2D eigenvalue weighted by atomic mass is 16.4. The molecule has 2 aromatic carbocycles. The highest BCUT2D eigenvalue weighted by molar-refractivity contribution is 5.94. The zero-order valence-corrected chi connectivity index (χ0v) is 22.5. The highest BCUT2D eigenvalue weighted by Crippen LogP contribution is 2.12. The Hall–Kier alpha value is -4.49. The number of benzene rings is 2. The number of rotatable bonds is 17. The lowest BCUT2D eigenvalue weighted by molar-refractivity contribution is -0.142. The number of nitrogens with one attached hydrogen (secondary N) is 3. The lowest BCUT2D eigenvalue weighted by atomic mass is 10.0. The minimum Gasteiger partial charge on any atom is -0.508 e. The van der Waals surface area contributed by atoms with Gasteiger partial charge in [0.05, 0.1) is 12.5 Å². The van der Waals surface area contributed by atoms with Crippen LogP contribution in [0.2, 0.25) is 0 Å². The number of carboxylic acids is 2. The van der Waals surface area contributed by atoms with E-state index in [9.17, 15) is 34.2 Å². The molecule has 0 fully saturated rings. The second kappa shape index (κ2) is 16.6. The van der Waals surface area contributed by atoms with Crippen molar-refractivity contribution in [3.63, 3.8) is 0 Å². The van der Waals surface area contributed by atoms with Crippen LogP contribution in [0.5, 0.6) is 5.75 Å². The Morgan fingerprint density at radius 2 is 1.24 bits per heavy atom. The van der Waals surface area contributed by atoms with Crippen molar-refractivity contribution in [2.75, 3.05) is 6.54 Å². The van der Waals surface area contributed by atoms with Crippen LogP contribution in [0.15, 0.2) is 54.6 Å². The van der Waals surface area contributed by atoms with Gasteiger partial charge in [0.1, 0.15) is 23.9 Å². The Labute approximate surface area is 237 Å². The van der Waals surface area contributed by atoms with E-state index < -0.39 is 60.2 Å². The first-order valence-electron chi connectivity index (χ1n) is 13.1. The molecule has 13 heteroatoms. The van der Waals surface area contributed by atoms with Gasteiger partial charge >= 0.3 is 11.9 Å². The number of hydrogen-bond acceptors (Lipinski definition) is 8. The van der Waals surface area contributed by atoms with Crippen molar-refractivity contribution in [3.05, 3.63) is 65.7 Å². The predicted octanol–water partition coefficient (Wildman–Crippen LogP) is -0.353. The average Bonchev–Trinajstić information content (AvgIpc) is 2.92. The van der Waals surface area contributed by atoms with Crippen LogP contribution in [-0.2, 0) is 36.8 Å². The molecule has 4 atom stereocenters. The van der Waals surface area contributed by atoms with Gasteiger partial charge in [-0.05, 0) is 49.1 Å². The van der Waals surface area contributed by atoms with Gasteiger partial charge in [-0.3, -0.25) is 19.2 Å². The third kappa shape index (κ3) is 11.6. The minimum atomic E-state index is -1.40. The van der Waals surface area contributed by atoms with Crippen molar-refractivity contribution >= 4 is 29.7 Å². The van der Waals surface area contributed by atoms with Crippen molar-refractivity contribution < 1.29 is 39.3 Å². The van der Waals surface area contributed by atoms with Crippen molar-refractivity contribution in [3.8, 4) is 5.75 Å². The van der Waals surface area contributed by atoms with E-state index in [1.807, 2.05) is 0 Å². The molecule has 4 unspecified atom stereocenters. The van der Waals surface area contributed by atoms with E-state index in [1.165, 1.54) is 24.3 Å².